The molecule has 0 fully saturated rings. The van der Waals surface area contributed by atoms with E-state index in [1.165, 1.54) is 11.3 Å². The van der Waals surface area contributed by atoms with Crippen LogP contribution in [0.5, 0.6) is 0 Å². The Balaban J connectivity index is 0.000000170. The minimum atomic E-state index is -0.896. The second kappa shape index (κ2) is 8.07. The minimum absolute atomic E-state index is 0.309. The summed E-state index contributed by atoms with van der Waals surface area (Å²) in [4.78, 5) is 11.1. The van der Waals surface area contributed by atoms with Crippen LogP contribution < -0.4 is 0 Å². The van der Waals surface area contributed by atoms with E-state index in [1.807, 2.05) is 31.2 Å². The Morgan fingerprint density at radius 1 is 1.00 bits per heavy atom. The van der Waals surface area contributed by atoms with E-state index in [4.69, 9.17) is 5.11 Å². The monoisotopic (exact) mass is 494 g/mol. The molecule has 0 bridgehead atoms. The average Bonchev–Trinajstić information content (AvgIpc) is 3.19. The van der Waals surface area contributed by atoms with Crippen molar-refractivity contribution in [1.82, 2.24) is 19.8 Å². The maximum Gasteiger partial charge on any atom is 0.335 e. The van der Waals surface area contributed by atoms with Crippen LogP contribution in [-0.4, -0.2) is 30.9 Å². The summed E-state index contributed by atoms with van der Waals surface area (Å²) in [5.41, 5.74) is 1.40. The van der Waals surface area contributed by atoms with Crippen LogP contribution in [0.15, 0.2) is 57.5 Å². The van der Waals surface area contributed by atoms with Crippen molar-refractivity contribution in [1.29, 1.82) is 0 Å². The predicted octanol–water partition coefficient (Wildman–Crippen LogP) is 5.07. The van der Waals surface area contributed by atoms with E-state index < -0.39 is 5.97 Å². The second-order valence-corrected chi connectivity index (χ2v) is 7.96. The number of halogens is 2. The third-order valence-corrected chi connectivity index (χ3v) is 5.33. The first-order valence-corrected chi connectivity index (χ1v) is 9.78. The summed E-state index contributed by atoms with van der Waals surface area (Å²) in [7, 11) is 0. The van der Waals surface area contributed by atoms with E-state index in [-0.39, 0.29) is 0 Å². The molecule has 0 atom stereocenters. The zero-order valence-corrected chi connectivity index (χ0v) is 17.4. The predicted molar refractivity (Wildman–Crippen MR) is 108 cm³/mol. The molecule has 0 saturated carbocycles. The Kier molecular flexibility index (Phi) is 5.80. The highest BCUT2D eigenvalue weighted by Gasteiger charge is 2.09. The molecule has 0 aliphatic heterocycles. The number of aryl methyl sites for hydroxylation is 1. The number of hydrogen-bond acceptors (Lipinski definition) is 5. The summed E-state index contributed by atoms with van der Waals surface area (Å²) >= 11 is 8.15. The summed E-state index contributed by atoms with van der Waals surface area (Å²) in [6, 6.07) is 14.6. The molecule has 2 aromatic heterocycles. The summed E-state index contributed by atoms with van der Waals surface area (Å²) in [6.45, 7) is 1.89. The van der Waals surface area contributed by atoms with Crippen LogP contribution in [0.4, 0.5) is 0 Å². The van der Waals surface area contributed by atoms with Crippen molar-refractivity contribution in [2.75, 3.05) is 0 Å². The summed E-state index contributed by atoms with van der Waals surface area (Å²) < 4.78 is 3.72. The highest BCUT2D eigenvalue weighted by molar-refractivity contribution is 9.10. The normalized spacial score (nSPS) is 10.4. The van der Waals surface area contributed by atoms with Gasteiger partial charge in [-0.1, -0.05) is 55.3 Å². The Bertz CT molecular complexity index is 1040. The lowest BCUT2D eigenvalue weighted by Gasteiger charge is -1.94. The maximum absolute atomic E-state index is 10.3. The van der Waals surface area contributed by atoms with Gasteiger partial charge in [0.1, 0.15) is 5.01 Å². The van der Waals surface area contributed by atoms with Crippen molar-refractivity contribution in [3.8, 4) is 10.6 Å². The van der Waals surface area contributed by atoms with Gasteiger partial charge in [-0.2, -0.15) is 9.61 Å². The molecular weight excluding hydrogens is 484 g/mol. The maximum atomic E-state index is 10.3. The third kappa shape index (κ3) is 4.35. The highest BCUT2D eigenvalue weighted by Crippen LogP contribution is 2.26. The van der Waals surface area contributed by atoms with Gasteiger partial charge in [0.2, 0.25) is 4.96 Å². The molecule has 2 heterocycles. The fourth-order valence-electron chi connectivity index (χ4n) is 2.02. The Morgan fingerprint density at radius 2 is 1.58 bits per heavy atom. The van der Waals surface area contributed by atoms with Gasteiger partial charge < -0.3 is 5.11 Å². The molecule has 0 spiro atoms. The first-order chi connectivity index (χ1) is 12.4. The van der Waals surface area contributed by atoms with Gasteiger partial charge in [-0.15, -0.1) is 10.2 Å². The van der Waals surface area contributed by atoms with Crippen LogP contribution in [0.1, 0.15) is 16.2 Å². The molecule has 0 aliphatic carbocycles. The zero-order valence-electron chi connectivity index (χ0n) is 13.4. The van der Waals surface area contributed by atoms with Gasteiger partial charge in [0.05, 0.1) is 5.56 Å². The van der Waals surface area contributed by atoms with Gasteiger partial charge in [0, 0.05) is 14.5 Å². The number of hydrogen-bond donors (Lipinski definition) is 1. The molecule has 132 valence electrons. The van der Waals surface area contributed by atoms with E-state index in [0.29, 0.717) is 5.56 Å². The van der Waals surface area contributed by atoms with Crippen molar-refractivity contribution in [3.63, 3.8) is 0 Å². The molecule has 0 saturated heterocycles. The molecule has 9 heteroatoms. The van der Waals surface area contributed by atoms with Crippen LogP contribution >= 0.6 is 43.2 Å². The number of aromatic carboxylic acids is 1. The highest BCUT2D eigenvalue weighted by atomic mass is 79.9. The standard InChI is InChI=1S/C10H7BrN4S.C7H5BrO2/c1-6-12-13-10-15(6)14-9(16-10)7-2-4-8(11)5-3-7;8-6-3-1-5(2-4-6)7(9)10/h2-5H,1H3;1-4H,(H,9,10). The lowest BCUT2D eigenvalue weighted by atomic mass is 10.2. The van der Waals surface area contributed by atoms with Gasteiger partial charge in [0.15, 0.2) is 5.82 Å². The Hall–Kier alpha value is -2.10. The number of aromatic nitrogens is 4. The van der Waals surface area contributed by atoms with E-state index in [2.05, 4.69) is 47.2 Å². The molecule has 6 nitrogen and oxygen atoms in total. The van der Waals surface area contributed by atoms with E-state index in [1.54, 1.807) is 28.8 Å². The first-order valence-electron chi connectivity index (χ1n) is 7.37. The van der Waals surface area contributed by atoms with Gasteiger partial charge in [-0.3, -0.25) is 0 Å². The molecule has 1 N–H and O–H groups in total. The van der Waals surface area contributed by atoms with Crippen LogP contribution in [0.2, 0.25) is 0 Å². The van der Waals surface area contributed by atoms with Gasteiger partial charge in [0.25, 0.3) is 0 Å². The van der Waals surface area contributed by atoms with E-state index in [9.17, 15) is 4.79 Å². The van der Waals surface area contributed by atoms with Crippen LogP contribution in [0.25, 0.3) is 15.5 Å². The topological polar surface area (TPSA) is 80.4 Å². The summed E-state index contributed by atoms with van der Waals surface area (Å²) in [5, 5.41) is 21.9. The quantitative estimate of drug-likeness (QED) is 0.419. The number of carbonyl (C=O) groups is 1. The lowest BCUT2D eigenvalue weighted by Crippen LogP contribution is -1.94. The van der Waals surface area contributed by atoms with Crippen LogP contribution in [0, 0.1) is 6.92 Å². The lowest BCUT2D eigenvalue weighted by molar-refractivity contribution is 0.0697. The van der Waals surface area contributed by atoms with Crippen molar-refractivity contribution < 1.29 is 9.90 Å². The number of fused-ring (bicyclic) bond motifs is 1. The smallest absolute Gasteiger partial charge is 0.335 e. The third-order valence-electron chi connectivity index (χ3n) is 3.33. The van der Waals surface area contributed by atoms with Crippen molar-refractivity contribution in [3.05, 3.63) is 68.9 Å². The molecule has 0 aliphatic rings. The molecular formula is C17H12Br2N4O2S. The second-order valence-electron chi connectivity index (χ2n) is 5.17. The molecule has 2 aromatic carbocycles. The first kappa shape index (κ1) is 18.7. The van der Waals surface area contributed by atoms with Crippen molar-refractivity contribution >= 4 is 54.1 Å². The molecule has 0 radical (unpaired) electrons. The van der Waals surface area contributed by atoms with Gasteiger partial charge in [-0.05, 0) is 43.3 Å². The van der Waals surface area contributed by atoms with E-state index in [0.717, 1.165) is 30.3 Å². The number of rotatable bonds is 2. The minimum Gasteiger partial charge on any atom is -0.478 e. The fraction of sp³-hybridized carbons (Fsp3) is 0.0588. The average molecular weight is 496 g/mol. The number of nitrogens with zero attached hydrogens (tertiary/aromatic N) is 4. The van der Waals surface area contributed by atoms with E-state index >= 15 is 0 Å². The summed E-state index contributed by atoms with van der Waals surface area (Å²) in [5.74, 6) is -0.0814. The largest absolute Gasteiger partial charge is 0.478 e. The molecule has 4 rings (SSSR count). The molecule has 26 heavy (non-hydrogen) atoms. The summed E-state index contributed by atoms with van der Waals surface area (Å²) in [6.07, 6.45) is 0. The van der Waals surface area contributed by atoms with Gasteiger partial charge in [-0.25, -0.2) is 4.79 Å². The number of carboxylic acid groups (broad SMARTS) is 1. The SMILES string of the molecule is Cc1nnc2sc(-c3ccc(Br)cc3)nn12.O=C(O)c1ccc(Br)cc1. The molecule has 0 amide bonds. The van der Waals surface area contributed by atoms with Gasteiger partial charge >= 0.3 is 5.97 Å². The van der Waals surface area contributed by atoms with Crippen molar-refractivity contribution in [2.45, 2.75) is 6.92 Å². The number of carboxylic acids is 1. The fourth-order valence-corrected chi connectivity index (χ4v) is 3.44. The van der Waals surface area contributed by atoms with Crippen molar-refractivity contribution in [2.24, 2.45) is 0 Å². The Labute approximate surface area is 169 Å². The molecule has 0 unspecified atom stereocenters. The van der Waals surface area contributed by atoms with Crippen LogP contribution in [-0.2, 0) is 0 Å². The zero-order chi connectivity index (χ0) is 18.7. The van der Waals surface area contributed by atoms with Crippen LogP contribution in [0.3, 0.4) is 0 Å². The Morgan fingerprint density at radius 3 is 2.12 bits per heavy atom. The molecule has 4 aromatic rings. The number of benzene rings is 2.